The molecule has 0 aliphatic carbocycles. The van der Waals surface area contributed by atoms with Crippen LogP contribution in [0, 0.1) is 13.8 Å². The van der Waals surface area contributed by atoms with E-state index in [-0.39, 0.29) is 5.82 Å². The highest BCUT2D eigenvalue weighted by molar-refractivity contribution is 6.37. The third-order valence-corrected chi connectivity index (χ3v) is 3.64. The molecular weight excluding hydrogens is 285 g/mol. The van der Waals surface area contributed by atoms with Crippen LogP contribution in [-0.2, 0) is 13.6 Å². The van der Waals surface area contributed by atoms with Crippen LogP contribution in [0.3, 0.4) is 0 Å². The van der Waals surface area contributed by atoms with Crippen LogP contribution >= 0.6 is 23.2 Å². The Kier molecular flexibility index (Phi) is 3.87. The molecule has 0 spiro atoms. The van der Waals surface area contributed by atoms with Crippen molar-refractivity contribution in [2.75, 3.05) is 11.1 Å². The Morgan fingerprint density at radius 2 is 2.00 bits per heavy atom. The summed E-state index contributed by atoms with van der Waals surface area (Å²) in [5.41, 5.74) is 8.86. The maximum absolute atomic E-state index is 6.07. The summed E-state index contributed by atoms with van der Waals surface area (Å²) < 4.78 is 1.84. The molecular formula is C12H15Cl2N5. The Morgan fingerprint density at radius 1 is 1.32 bits per heavy atom. The van der Waals surface area contributed by atoms with E-state index < -0.39 is 0 Å². The van der Waals surface area contributed by atoms with E-state index in [4.69, 9.17) is 28.9 Å². The second-order valence-corrected chi connectivity index (χ2v) is 5.13. The maximum atomic E-state index is 6.07. The van der Waals surface area contributed by atoms with Crippen molar-refractivity contribution in [2.45, 2.75) is 20.4 Å². The van der Waals surface area contributed by atoms with Gasteiger partial charge in [-0.15, -0.1) is 0 Å². The van der Waals surface area contributed by atoms with Gasteiger partial charge in [0.15, 0.2) is 0 Å². The van der Waals surface area contributed by atoms with Crippen molar-refractivity contribution in [3.8, 4) is 0 Å². The fourth-order valence-electron chi connectivity index (χ4n) is 1.85. The number of aryl methyl sites for hydroxylation is 2. The van der Waals surface area contributed by atoms with E-state index in [1.807, 2.05) is 25.6 Å². The van der Waals surface area contributed by atoms with Crippen LogP contribution in [0.4, 0.5) is 11.6 Å². The molecule has 0 bridgehead atoms. The summed E-state index contributed by atoms with van der Waals surface area (Å²) in [5, 5.41) is 8.31. The van der Waals surface area contributed by atoms with Crippen LogP contribution in [-0.4, -0.2) is 14.8 Å². The average Bonchev–Trinajstić information content (AvgIpc) is 2.57. The summed E-state index contributed by atoms with van der Waals surface area (Å²) in [6, 6.07) is 1.58. The summed E-state index contributed by atoms with van der Waals surface area (Å²) in [4.78, 5) is 4.13. The van der Waals surface area contributed by atoms with Crippen LogP contribution in [0.15, 0.2) is 6.07 Å². The number of pyridine rings is 1. The van der Waals surface area contributed by atoms with E-state index in [0.29, 0.717) is 22.4 Å². The zero-order valence-corrected chi connectivity index (χ0v) is 12.5. The molecule has 5 nitrogen and oxygen atoms in total. The van der Waals surface area contributed by atoms with E-state index in [1.54, 1.807) is 6.07 Å². The van der Waals surface area contributed by atoms with Crippen molar-refractivity contribution in [1.29, 1.82) is 0 Å². The number of hydrogen-bond acceptors (Lipinski definition) is 4. The molecule has 2 heterocycles. The molecule has 19 heavy (non-hydrogen) atoms. The first kappa shape index (κ1) is 14.0. The first-order valence-corrected chi connectivity index (χ1v) is 6.50. The minimum absolute atomic E-state index is 0.258. The first-order valence-electron chi connectivity index (χ1n) is 5.74. The minimum atomic E-state index is 0.258. The number of hydrogen-bond donors (Lipinski definition) is 2. The third-order valence-electron chi connectivity index (χ3n) is 3.05. The normalized spacial score (nSPS) is 10.8. The Hall–Kier alpha value is -1.46. The first-order chi connectivity index (χ1) is 8.90. The van der Waals surface area contributed by atoms with Gasteiger partial charge in [0.05, 0.1) is 15.7 Å². The zero-order chi connectivity index (χ0) is 14.2. The summed E-state index contributed by atoms with van der Waals surface area (Å²) in [6.07, 6.45) is 0. The fourth-order valence-corrected chi connectivity index (χ4v) is 2.28. The van der Waals surface area contributed by atoms with Crippen LogP contribution in [0.25, 0.3) is 0 Å². The number of aromatic nitrogens is 3. The van der Waals surface area contributed by atoms with Crippen molar-refractivity contribution in [3.63, 3.8) is 0 Å². The highest BCUT2D eigenvalue weighted by Gasteiger charge is 2.11. The van der Waals surface area contributed by atoms with Gasteiger partial charge in [0.2, 0.25) is 0 Å². The molecule has 0 aliphatic rings. The molecule has 0 aromatic carbocycles. The molecule has 2 aromatic rings. The standard InChI is InChI=1S/C12H15Cl2N5/c1-6-8(7(2)19(3)18-6)5-16-12-10(14)4-9(13)11(15)17-12/h4H,5H2,1-3H3,(H3,15,16,17). The summed E-state index contributed by atoms with van der Waals surface area (Å²) in [5.74, 6) is 0.777. The van der Waals surface area contributed by atoms with Gasteiger partial charge in [-0.1, -0.05) is 23.2 Å². The largest absolute Gasteiger partial charge is 0.382 e. The highest BCUT2D eigenvalue weighted by Crippen LogP contribution is 2.28. The van der Waals surface area contributed by atoms with E-state index in [2.05, 4.69) is 15.4 Å². The van der Waals surface area contributed by atoms with Crippen LogP contribution in [0.1, 0.15) is 17.0 Å². The molecule has 0 aliphatic heterocycles. The number of nitrogens with one attached hydrogen (secondary N) is 1. The minimum Gasteiger partial charge on any atom is -0.382 e. The van der Waals surface area contributed by atoms with Crippen LogP contribution in [0.5, 0.6) is 0 Å². The van der Waals surface area contributed by atoms with Gasteiger partial charge in [-0.05, 0) is 19.9 Å². The molecule has 0 unspecified atom stereocenters. The zero-order valence-electron chi connectivity index (χ0n) is 11.0. The van der Waals surface area contributed by atoms with Gasteiger partial charge < -0.3 is 11.1 Å². The molecule has 7 heteroatoms. The van der Waals surface area contributed by atoms with E-state index in [1.165, 1.54) is 0 Å². The van der Waals surface area contributed by atoms with Gasteiger partial charge in [0.1, 0.15) is 11.6 Å². The van der Waals surface area contributed by atoms with E-state index in [9.17, 15) is 0 Å². The van der Waals surface area contributed by atoms with Crippen molar-refractivity contribution in [2.24, 2.45) is 7.05 Å². The predicted molar refractivity (Wildman–Crippen MR) is 78.7 cm³/mol. The Morgan fingerprint density at radius 3 is 2.58 bits per heavy atom. The summed E-state index contributed by atoms with van der Waals surface area (Å²) >= 11 is 11.9. The molecule has 102 valence electrons. The molecule has 0 fully saturated rings. The SMILES string of the molecule is Cc1nn(C)c(C)c1CNc1nc(N)c(Cl)cc1Cl. The average molecular weight is 300 g/mol. The lowest BCUT2D eigenvalue weighted by Gasteiger charge is -2.09. The van der Waals surface area contributed by atoms with Crippen molar-refractivity contribution < 1.29 is 0 Å². The molecule has 2 rings (SSSR count). The number of nitrogen functional groups attached to an aromatic ring is 1. The van der Waals surface area contributed by atoms with Gasteiger partial charge in [-0.2, -0.15) is 5.10 Å². The fraction of sp³-hybridized carbons (Fsp3) is 0.333. The van der Waals surface area contributed by atoms with Crippen molar-refractivity contribution in [1.82, 2.24) is 14.8 Å². The van der Waals surface area contributed by atoms with Crippen LogP contribution in [0.2, 0.25) is 10.0 Å². The second-order valence-electron chi connectivity index (χ2n) is 4.31. The predicted octanol–water partition coefficient (Wildman–Crippen LogP) is 2.93. The van der Waals surface area contributed by atoms with Gasteiger partial charge in [-0.25, -0.2) is 4.98 Å². The maximum Gasteiger partial charge on any atom is 0.147 e. The number of halogens is 2. The number of anilines is 2. The lowest BCUT2D eigenvalue weighted by atomic mass is 10.2. The monoisotopic (exact) mass is 299 g/mol. The Bertz CT molecular complexity index is 621. The third kappa shape index (κ3) is 2.77. The topological polar surface area (TPSA) is 68.8 Å². The van der Waals surface area contributed by atoms with Gasteiger partial charge in [0, 0.05) is 24.8 Å². The molecule has 0 amide bonds. The summed E-state index contributed by atoms with van der Waals surface area (Å²) in [6.45, 7) is 4.57. The van der Waals surface area contributed by atoms with Gasteiger partial charge in [-0.3, -0.25) is 4.68 Å². The number of nitrogens with two attached hydrogens (primary N) is 1. The Balaban J connectivity index is 2.21. The molecule has 3 N–H and O–H groups in total. The van der Waals surface area contributed by atoms with E-state index in [0.717, 1.165) is 17.0 Å². The molecule has 0 saturated carbocycles. The smallest absolute Gasteiger partial charge is 0.147 e. The molecule has 2 aromatic heterocycles. The molecule has 0 saturated heterocycles. The van der Waals surface area contributed by atoms with Gasteiger partial charge >= 0.3 is 0 Å². The van der Waals surface area contributed by atoms with Crippen LogP contribution < -0.4 is 11.1 Å². The van der Waals surface area contributed by atoms with Crippen molar-refractivity contribution in [3.05, 3.63) is 33.1 Å². The highest BCUT2D eigenvalue weighted by atomic mass is 35.5. The molecule has 0 radical (unpaired) electrons. The lowest BCUT2D eigenvalue weighted by Crippen LogP contribution is -2.06. The van der Waals surface area contributed by atoms with E-state index >= 15 is 0 Å². The Labute approximate surface area is 121 Å². The second kappa shape index (κ2) is 5.27. The quantitative estimate of drug-likeness (QED) is 0.914. The van der Waals surface area contributed by atoms with Gasteiger partial charge in [0.25, 0.3) is 0 Å². The van der Waals surface area contributed by atoms with Crippen molar-refractivity contribution >= 4 is 34.8 Å². The lowest BCUT2D eigenvalue weighted by molar-refractivity contribution is 0.730. The summed E-state index contributed by atoms with van der Waals surface area (Å²) in [7, 11) is 1.91. The number of nitrogens with zero attached hydrogens (tertiary/aromatic N) is 3. The molecule has 0 atom stereocenters. The number of rotatable bonds is 3.